The molecule has 3 aromatic rings. The molecule has 10 heteroatoms. The Labute approximate surface area is 242 Å². The number of benzene rings is 3. The van der Waals surface area contributed by atoms with Crippen LogP contribution in [0.15, 0.2) is 83.8 Å². The lowest BCUT2D eigenvalue weighted by Gasteiger charge is -2.34. The minimum Gasteiger partial charge on any atom is -0.494 e. The van der Waals surface area contributed by atoms with Crippen LogP contribution < -0.4 is 14.4 Å². The number of nitrogens with zero attached hydrogens (tertiary/aromatic N) is 2. The largest absolute Gasteiger partial charge is 0.494 e. The minimum atomic E-state index is -4.30. The Morgan fingerprint density at radius 3 is 2.07 bits per heavy atom. The zero-order chi connectivity index (χ0) is 30.2. The zero-order valence-electron chi connectivity index (χ0n) is 24.1. The standard InChI is InChI=1S/C31H38FN3O5S/c1-6-28(30(37)33-31(3,4)5)34(21-23-11-9-8-10-12-23)29(36)22-35(25-15-17-26(18-16-25)40-7-2)41(38,39)27-19-13-24(32)14-20-27/h8-20,28H,6-7,21-22H2,1-5H3,(H,33,37)/t28-/m1/s1. The minimum absolute atomic E-state index is 0.101. The molecule has 2 amide bonds. The topological polar surface area (TPSA) is 96.0 Å². The van der Waals surface area contributed by atoms with Crippen molar-refractivity contribution in [2.45, 2.75) is 64.1 Å². The van der Waals surface area contributed by atoms with E-state index in [1.807, 2.05) is 58.0 Å². The maximum absolute atomic E-state index is 14.1. The van der Waals surface area contributed by atoms with E-state index in [-0.39, 0.29) is 23.0 Å². The van der Waals surface area contributed by atoms with Crippen molar-refractivity contribution in [1.82, 2.24) is 10.2 Å². The number of anilines is 1. The van der Waals surface area contributed by atoms with Crippen LogP contribution in [0.5, 0.6) is 5.75 Å². The van der Waals surface area contributed by atoms with Crippen molar-refractivity contribution in [1.29, 1.82) is 0 Å². The van der Waals surface area contributed by atoms with Crippen LogP contribution in [-0.4, -0.2) is 49.9 Å². The molecule has 41 heavy (non-hydrogen) atoms. The maximum Gasteiger partial charge on any atom is 0.264 e. The summed E-state index contributed by atoms with van der Waals surface area (Å²) in [6.45, 7) is 9.14. The Kier molecular flexibility index (Phi) is 10.5. The van der Waals surface area contributed by atoms with Gasteiger partial charge in [0.25, 0.3) is 10.0 Å². The first-order valence-electron chi connectivity index (χ1n) is 13.5. The van der Waals surface area contributed by atoms with Gasteiger partial charge in [0.1, 0.15) is 24.2 Å². The Hall–Kier alpha value is -3.92. The fourth-order valence-corrected chi connectivity index (χ4v) is 5.70. The van der Waals surface area contributed by atoms with Gasteiger partial charge in [0, 0.05) is 12.1 Å². The summed E-state index contributed by atoms with van der Waals surface area (Å²) in [4.78, 5) is 28.6. The van der Waals surface area contributed by atoms with Gasteiger partial charge in [-0.2, -0.15) is 0 Å². The number of sulfonamides is 1. The predicted octanol–water partition coefficient (Wildman–Crippen LogP) is 5.14. The van der Waals surface area contributed by atoms with E-state index >= 15 is 0 Å². The molecule has 3 aromatic carbocycles. The van der Waals surface area contributed by atoms with Crippen LogP contribution in [0, 0.1) is 5.82 Å². The van der Waals surface area contributed by atoms with Crippen molar-refractivity contribution in [2.75, 3.05) is 17.5 Å². The maximum atomic E-state index is 14.1. The first kappa shape index (κ1) is 31.6. The molecule has 220 valence electrons. The second kappa shape index (κ2) is 13.6. The molecule has 0 radical (unpaired) electrons. The number of rotatable bonds is 12. The lowest BCUT2D eigenvalue weighted by atomic mass is 10.1. The highest BCUT2D eigenvalue weighted by Gasteiger charge is 2.34. The number of nitrogens with one attached hydrogen (secondary N) is 1. The molecular weight excluding hydrogens is 545 g/mol. The number of carbonyl (C=O) groups is 2. The molecule has 8 nitrogen and oxygen atoms in total. The van der Waals surface area contributed by atoms with E-state index in [1.54, 1.807) is 31.2 Å². The van der Waals surface area contributed by atoms with Gasteiger partial charge in [-0.15, -0.1) is 0 Å². The van der Waals surface area contributed by atoms with Crippen LogP contribution in [0.1, 0.15) is 46.6 Å². The van der Waals surface area contributed by atoms with Crippen molar-refractivity contribution in [2.24, 2.45) is 0 Å². The molecule has 0 unspecified atom stereocenters. The van der Waals surface area contributed by atoms with E-state index < -0.39 is 39.9 Å². The van der Waals surface area contributed by atoms with Crippen LogP contribution >= 0.6 is 0 Å². The summed E-state index contributed by atoms with van der Waals surface area (Å²) >= 11 is 0. The van der Waals surface area contributed by atoms with Gasteiger partial charge in [0.15, 0.2) is 0 Å². The summed E-state index contributed by atoms with van der Waals surface area (Å²) in [6.07, 6.45) is 0.314. The van der Waals surface area contributed by atoms with Crippen molar-refractivity contribution in [3.63, 3.8) is 0 Å². The average molecular weight is 584 g/mol. The normalized spacial score (nSPS) is 12.3. The molecule has 0 aliphatic carbocycles. The van der Waals surface area contributed by atoms with Crippen molar-refractivity contribution in [3.8, 4) is 5.75 Å². The molecule has 0 aliphatic rings. The summed E-state index contributed by atoms with van der Waals surface area (Å²) in [5.74, 6) is -0.947. The smallest absolute Gasteiger partial charge is 0.264 e. The molecule has 0 saturated carbocycles. The number of amides is 2. The molecule has 1 N–H and O–H groups in total. The number of hydrogen-bond acceptors (Lipinski definition) is 5. The van der Waals surface area contributed by atoms with E-state index in [4.69, 9.17) is 4.74 Å². The highest BCUT2D eigenvalue weighted by molar-refractivity contribution is 7.92. The molecule has 3 rings (SSSR count). The van der Waals surface area contributed by atoms with E-state index in [9.17, 15) is 22.4 Å². The van der Waals surface area contributed by atoms with Crippen LogP contribution in [0.3, 0.4) is 0 Å². The first-order chi connectivity index (χ1) is 19.4. The second-order valence-electron chi connectivity index (χ2n) is 10.6. The molecule has 0 bridgehead atoms. The number of hydrogen-bond donors (Lipinski definition) is 1. The van der Waals surface area contributed by atoms with Gasteiger partial charge in [0.2, 0.25) is 11.8 Å². The number of carbonyl (C=O) groups excluding carboxylic acids is 2. The highest BCUT2D eigenvalue weighted by atomic mass is 32.2. The quantitative estimate of drug-likeness (QED) is 0.319. The molecule has 0 spiro atoms. The van der Waals surface area contributed by atoms with Crippen LogP contribution in [-0.2, 0) is 26.2 Å². The summed E-state index contributed by atoms with van der Waals surface area (Å²) in [6, 6.07) is 19.1. The summed E-state index contributed by atoms with van der Waals surface area (Å²) < 4.78 is 47.8. The third-order valence-corrected chi connectivity index (χ3v) is 7.98. The first-order valence-corrected chi connectivity index (χ1v) is 15.0. The summed E-state index contributed by atoms with van der Waals surface area (Å²) in [5, 5.41) is 2.94. The van der Waals surface area contributed by atoms with E-state index in [0.717, 1.165) is 34.1 Å². The lowest BCUT2D eigenvalue weighted by Crippen LogP contribution is -2.55. The van der Waals surface area contributed by atoms with Crippen LogP contribution in [0.2, 0.25) is 0 Å². The van der Waals surface area contributed by atoms with Gasteiger partial charge in [0.05, 0.1) is 17.2 Å². The van der Waals surface area contributed by atoms with Crippen molar-refractivity contribution in [3.05, 3.63) is 90.2 Å². The summed E-state index contributed by atoms with van der Waals surface area (Å²) in [5.41, 5.74) is 0.474. The molecule has 0 aliphatic heterocycles. The number of halogens is 1. The summed E-state index contributed by atoms with van der Waals surface area (Å²) in [7, 11) is -4.30. The van der Waals surface area contributed by atoms with Gasteiger partial charge in [-0.3, -0.25) is 13.9 Å². The van der Waals surface area contributed by atoms with Gasteiger partial charge >= 0.3 is 0 Å². The Bertz CT molecular complexity index is 1410. The Morgan fingerprint density at radius 1 is 0.927 bits per heavy atom. The molecule has 0 saturated heterocycles. The third-order valence-electron chi connectivity index (χ3n) is 6.20. The molecule has 0 aromatic heterocycles. The van der Waals surface area contributed by atoms with Crippen LogP contribution in [0.4, 0.5) is 10.1 Å². The highest BCUT2D eigenvalue weighted by Crippen LogP contribution is 2.27. The lowest BCUT2D eigenvalue weighted by molar-refractivity contribution is -0.141. The van der Waals surface area contributed by atoms with Crippen molar-refractivity contribution >= 4 is 27.5 Å². The van der Waals surface area contributed by atoms with Gasteiger partial charge in [-0.1, -0.05) is 37.3 Å². The Balaban J connectivity index is 2.06. The second-order valence-corrected chi connectivity index (χ2v) is 12.4. The van der Waals surface area contributed by atoms with E-state index in [1.165, 1.54) is 4.90 Å². The van der Waals surface area contributed by atoms with Gasteiger partial charge in [-0.25, -0.2) is 12.8 Å². The van der Waals surface area contributed by atoms with Gasteiger partial charge in [-0.05, 0) is 88.2 Å². The van der Waals surface area contributed by atoms with E-state index in [0.29, 0.717) is 18.8 Å². The predicted molar refractivity (Wildman–Crippen MR) is 158 cm³/mol. The fourth-order valence-electron chi connectivity index (χ4n) is 4.29. The molecule has 0 fully saturated rings. The van der Waals surface area contributed by atoms with Crippen molar-refractivity contribution < 1.29 is 27.1 Å². The SMILES string of the molecule is CCOc1ccc(N(CC(=O)N(Cc2ccccc2)[C@H](CC)C(=O)NC(C)(C)C)S(=O)(=O)c2ccc(F)cc2)cc1. The number of ether oxygens (including phenoxy) is 1. The zero-order valence-corrected chi connectivity index (χ0v) is 24.9. The Morgan fingerprint density at radius 2 is 1.54 bits per heavy atom. The third kappa shape index (κ3) is 8.53. The average Bonchev–Trinajstić information content (AvgIpc) is 2.92. The fraction of sp³-hybridized carbons (Fsp3) is 0.355. The van der Waals surface area contributed by atoms with E-state index in [2.05, 4.69) is 5.32 Å². The van der Waals surface area contributed by atoms with Gasteiger partial charge < -0.3 is 15.0 Å². The molecule has 0 heterocycles. The molecule has 1 atom stereocenters. The van der Waals surface area contributed by atoms with Crippen LogP contribution in [0.25, 0.3) is 0 Å². The molecular formula is C31H38FN3O5S. The monoisotopic (exact) mass is 583 g/mol.